The molecule has 2 N–H and O–H groups in total. The molecule has 0 fully saturated rings. The van der Waals surface area contributed by atoms with E-state index in [-0.39, 0.29) is 17.3 Å². The van der Waals surface area contributed by atoms with Crippen LogP contribution in [0.25, 0.3) is 0 Å². The Hall–Kier alpha value is -2.08. The Morgan fingerprint density at radius 2 is 2.10 bits per heavy atom. The standard InChI is InChI=1S/C14H19N3O3/c1-9(2)17-7-11(13(18)16-14(17)19)5-15-6-12-4-10(3)8-20-12/h4,7-9,15H,5-6H2,1-3H3,(H,16,18,19). The Labute approximate surface area is 116 Å². The molecule has 0 radical (unpaired) electrons. The minimum atomic E-state index is -0.379. The number of nitrogens with zero attached hydrogens (tertiary/aromatic N) is 1. The number of furan rings is 1. The minimum Gasteiger partial charge on any atom is -0.468 e. The van der Waals surface area contributed by atoms with Crippen molar-refractivity contribution in [1.29, 1.82) is 0 Å². The third-order valence-electron chi connectivity index (χ3n) is 3.00. The number of hydrogen-bond acceptors (Lipinski definition) is 4. The Bertz CT molecular complexity index is 694. The minimum absolute atomic E-state index is 0.00539. The number of aromatic amines is 1. The van der Waals surface area contributed by atoms with Gasteiger partial charge < -0.3 is 9.73 Å². The highest BCUT2D eigenvalue weighted by atomic mass is 16.3. The smallest absolute Gasteiger partial charge is 0.328 e. The molecule has 20 heavy (non-hydrogen) atoms. The van der Waals surface area contributed by atoms with Gasteiger partial charge in [-0.05, 0) is 32.4 Å². The molecule has 2 aromatic heterocycles. The second-order valence-corrected chi connectivity index (χ2v) is 5.11. The lowest BCUT2D eigenvalue weighted by atomic mass is 10.3. The SMILES string of the molecule is Cc1coc(CNCc2cn(C(C)C)c(=O)[nH]c2=O)c1. The van der Waals surface area contributed by atoms with E-state index in [2.05, 4.69) is 10.3 Å². The maximum Gasteiger partial charge on any atom is 0.328 e. The van der Waals surface area contributed by atoms with Crippen LogP contribution < -0.4 is 16.6 Å². The van der Waals surface area contributed by atoms with Crippen molar-refractivity contribution in [3.8, 4) is 0 Å². The maximum atomic E-state index is 11.7. The second-order valence-electron chi connectivity index (χ2n) is 5.11. The molecule has 0 amide bonds. The van der Waals surface area contributed by atoms with Gasteiger partial charge in [0.2, 0.25) is 0 Å². The first-order chi connectivity index (χ1) is 9.47. The molecule has 0 bridgehead atoms. The van der Waals surface area contributed by atoms with Gasteiger partial charge in [-0.3, -0.25) is 14.3 Å². The summed E-state index contributed by atoms with van der Waals surface area (Å²) >= 11 is 0. The molecule has 0 unspecified atom stereocenters. The number of H-pyrrole nitrogens is 1. The van der Waals surface area contributed by atoms with Gasteiger partial charge in [-0.25, -0.2) is 4.79 Å². The zero-order valence-corrected chi connectivity index (χ0v) is 11.9. The molecule has 2 rings (SSSR count). The molecule has 0 aromatic carbocycles. The Balaban J connectivity index is 2.07. The molecule has 2 heterocycles. The van der Waals surface area contributed by atoms with Gasteiger partial charge in [0.05, 0.1) is 12.8 Å². The second kappa shape index (κ2) is 5.92. The van der Waals surface area contributed by atoms with Crippen LogP contribution in [0.5, 0.6) is 0 Å². The van der Waals surface area contributed by atoms with Crippen molar-refractivity contribution >= 4 is 0 Å². The molecule has 108 valence electrons. The summed E-state index contributed by atoms with van der Waals surface area (Å²) in [5, 5.41) is 3.13. The van der Waals surface area contributed by atoms with Gasteiger partial charge in [0.1, 0.15) is 5.76 Å². The molecule has 2 aromatic rings. The summed E-state index contributed by atoms with van der Waals surface area (Å²) in [5.74, 6) is 0.816. The average molecular weight is 277 g/mol. The largest absolute Gasteiger partial charge is 0.468 e. The summed E-state index contributed by atoms with van der Waals surface area (Å²) in [5.41, 5.74) is 0.861. The van der Waals surface area contributed by atoms with Crippen LogP contribution in [0.3, 0.4) is 0 Å². The third kappa shape index (κ3) is 3.27. The van der Waals surface area contributed by atoms with Gasteiger partial charge in [-0.2, -0.15) is 0 Å². The van der Waals surface area contributed by atoms with E-state index in [4.69, 9.17) is 4.42 Å². The molecule has 0 aliphatic heterocycles. The van der Waals surface area contributed by atoms with Gasteiger partial charge in [0.25, 0.3) is 5.56 Å². The number of nitrogens with one attached hydrogen (secondary N) is 2. The quantitative estimate of drug-likeness (QED) is 0.863. The van der Waals surface area contributed by atoms with E-state index in [9.17, 15) is 9.59 Å². The van der Waals surface area contributed by atoms with Crippen LogP contribution in [0, 0.1) is 6.92 Å². The van der Waals surface area contributed by atoms with E-state index in [1.165, 1.54) is 4.57 Å². The van der Waals surface area contributed by atoms with Crippen molar-refractivity contribution < 1.29 is 4.42 Å². The summed E-state index contributed by atoms with van der Waals surface area (Å²) < 4.78 is 6.82. The van der Waals surface area contributed by atoms with Gasteiger partial charge in [-0.1, -0.05) is 0 Å². The molecule has 0 spiro atoms. The maximum absolute atomic E-state index is 11.7. The first-order valence-electron chi connectivity index (χ1n) is 6.56. The summed E-state index contributed by atoms with van der Waals surface area (Å²) in [6.07, 6.45) is 3.29. The van der Waals surface area contributed by atoms with Gasteiger partial charge in [0.15, 0.2) is 0 Å². The van der Waals surface area contributed by atoms with Crippen molar-refractivity contribution in [2.24, 2.45) is 0 Å². The van der Waals surface area contributed by atoms with Crippen LogP contribution in [0.4, 0.5) is 0 Å². The molecule has 6 nitrogen and oxygen atoms in total. The van der Waals surface area contributed by atoms with Crippen molar-refractivity contribution in [3.63, 3.8) is 0 Å². The van der Waals surface area contributed by atoms with E-state index in [1.54, 1.807) is 12.5 Å². The number of rotatable bonds is 5. The van der Waals surface area contributed by atoms with Crippen LogP contribution in [0.1, 0.15) is 36.8 Å². The highest BCUT2D eigenvalue weighted by molar-refractivity contribution is 5.10. The van der Waals surface area contributed by atoms with E-state index in [0.29, 0.717) is 18.7 Å². The van der Waals surface area contributed by atoms with E-state index >= 15 is 0 Å². The predicted octanol–water partition coefficient (Wildman–Crippen LogP) is 1.31. The Morgan fingerprint density at radius 3 is 2.70 bits per heavy atom. The van der Waals surface area contributed by atoms with E-state index in [0.717, 1.165) is 11.3 Å². The summed E-state index contributed by atoms with van der Waals surface area (Å²) in [6.45, 7) is 6.65. The predicted molar refractivity (Wildman–Crippen MR) is 75.7 cm³/mol. The fourth-order valence-electron chi connectivity index (χ4n) is 1.94. The van der Waals surface area contributed by atoms with E-state index in [1.807, 2.05) is 26.8 Å². The lowest BCUT2D eigenvalue weighted by Crippen LogP contribution is -2.34. The fraction of sp³-hybridized carbons (Fsp3) is 0.429. The molecule has 0 saturated heterocycles. The number of hydrogen-bond donors (Lipinski definition) is 2. The first kappa shape index (κ1) is 14.3. The van der Waals surface area contributed by atoms with Crippen molar-refractivity contribution in [3.05, 3.63) is 56.3 Å². The Kier molecular flexibility index (Phi) is 4.24. The zero-order chi connectivity index (χ0) is 14.7. The fourth-order valence-corrected chi connectivity index (χ4v) is 1.94. The first-order valence-corrected chi connectivity index (χ1v) is 6.56. The van der Waals surface area contributed by atoms with E-state index < -0.39 is 0 Å². The summed E-state index contributed by atoms with van der Waals surface area (Å²) in [6, 6.07) is 1.94. The molecular formula is C14H19N3O3. The van der Waals surface area contributed by atoms with Crippen molar-refractivity contribution in [2.45, 2.75) is 39.9 Å². The monoisotopic (exact) mass is 277 g/mol. The molecule has 0 aliphatic carbocycles. The molecule has 0 atom stereocenters. The van der Waals surface area contributed by atoms with Gasteiger partial charge >= 0.3 is 5.69 Å². The normalized spacial score (nSPS) is 11.2. The highest BCUT2D eigenvalue weighted by Gasteiger charge is 2.07. The van der Waals surface area contributed by atoms with Gasteiger partial charge in [0, 0.05) is 24.3 Å². The number of aryl methyl sites for hydroxylation is 1. The van der Waals surface area contributed by atoms with Crippen LogP contribution in [-0.4, -0.2) is 9.55 Å². The topological polar surface area (TPSA) is 80.0 Å². The third-order valence-corrected chi connectivity index (χ3v) is 3.00. The Morgan fingerprint density at radius 1 is 1.35 bits per heavy atom. The van der Waals surface area contributed by atoms with Crippen LogP contribution in [0.15, 0.2) is 32.5 Å². The zero-order valence-electron chi connectivity index (χ0n) is 11.9. The van der Waals surface area contributed by atoms with Gasteiger partial charge in [-0.15, -0.1) is 0 Å². The summed E-state index contributed by atoms with van der Waals surface area (Å²) in [4.78, 5) is 25.7. The lowest BCUT2D eigenvalue weighted by Gasteiger charge is -2.10. The van der Waals surface area contributed by atoms with Crippen LogP contribution in [0.2, 0.25) is 0 Å². The van der Waals surface area contributed by atoms with Crippen molar-refractivity contribution in [2.75, 3.05) is 0 Å². The molecule has 6 heteroatoms. The molecule has 0 saturated carbocycles. The average Bonchev–Trinajstić information content (AvgIpc) is 2.77. The van der Waals surface area contributed by atoms with Crippen molar-refractivity contribution in [1.82, 2.24) is 14.9 Å². The van der Waals surface area contributed by atoms with Crippen LogP contribution >= 0.6 is 0 Å². The number of aromatic nitrogens is 2. The lowest BCUT2D eigenvalue weighted by molar-refractivity contribution is 0.479. The highest BCUT2D eigenvalue weighted by Crippen LogP contribution is 2.05. The summed E-state index contributed by atoms with van der Waals surface area (Å²) in [7, 11) is 0. The molecule has 0 aliphatic rings. The van der Waals surface area contributed by atoms with Crippen LogP contribution in [-0.2, 0) is 13.1 Å². The molecular weight excluding hydrogens is 258 g/mol.